The molecular formula is C15H15N3O2. The van der Waals surface area contributed by atoms with Gasteiger partial charge in [-0.2, -0.15) is 0 Å². The molecular weight excluding hydrogens is 254 g/mol. The van der Waals surface area contributed by atoms with Gasteiger partial charge in [-0.3, -0.25) is 4.79 Å². The van der Waals surface area contributed by atoms with Crippen LogP contribution in [0, 0.1) is 6.92 Å². The number of hydrogen-bond acceptors (Lipinski definition) is 2. The van der Waals surface area contributed by atoms with Crippen LogP contribution in [-0.4, -0.2) is 26.0 Å². The predicted octanol–water partition coefficient (Wildman–Crippen LogP) is 2.81. The van der Waals surface area contributed by atoms with Crippen LogP contribution in [0.2, 0.25) is 0 Å². The van der Waals surface area contributed by atoms with E-state index in [0.29, 0.717) is 0 Å². The molecule has 3 N–H and O–H groups in total. The van der Waals surface area contributed by atoms with Crippen molar-refractivity contribution in [3.63, 3.8) is 0 Å². The third kappa shape index (κ3) is 2.30. The summed E-state index contributed by atoms with van der Waals surface area (Å²) in [6.45, 7) is 1.90. The summed E-state index contributed by atoms with van der Waals surface area (Å²) < 4.78 is 0. The number of imidazole rings is 1. The van der Waals surface area contributed by atoms with Gasteiger partial charge < -0.3 is 15.1 Å². The first-order valence-corrected chi connectivity index (χ1v) is 6.44. The van der Waals surface area contributed by atoms with Gasteiger partial charge in [0.05, 0.1) is 17.5 Å². The van der Waals surface area contributed by atoms with E-state index in [1.807, 2.05) is 43.6 Å². The minimum Gasteiger partial charge on any atom is -0.481 e. The molecule has 0 saturated heterocycles. The van der Waals surface area contributed by atoms with Crippen molar-refractivity contribution < 1.29 is 9.90 Å². The number of fused-ring (bicyclic) bond motifs is 1. The van der Waals surface area contributed by atoms with Gasteiger partial charge in [-0.05, 0) is 36.2 Å². The fourth-order valence-corrected chi connectivity index (χ4v) is 2.53. The normalized spacial score (nSPS) is 12.7. The van der Waals surface area contributed by atoms with Crippen molar-refractivity contribution in [1.82, 2.24) is 15.0 Å². The largest absolute Gasteiger partial charge is 0.481 e. The van der Waals surface area contributed by atoms with E-state index >= 15 is 0 Å². The smallest absolute Gasteiger partial charge is 0.304 e. The summed E-state index contributed by atoms with van der Waals surface area (Å²) in [7, 11) is 0. The van der Waals surface area contributed by atoms with Crippen molar-refractivity contribution in [2.45, 2.75) is 19.3 Å². The third-order valence-electron chi connectivity index (χ3n) is 3.43. The number of aromatic nitrogens is 3. The van der Waals surface area contributed by atoms with Crippen LogP contribution in [0.4, 0.5) is 0 Å². The van der Waals surface area contributed by atoms with E-state index in [2.05, 4.69) is 15.0 Å². The number of hydrogen-bond donors (Lipinski definition) is 3. The molecule has 0 aliphatic carbocycles. The molecule has 0 spiro atoms. The van der Waals surface area contributed by atoms with E-state index in [1.54, 1.807) is 0 Å². The van der Waals surface area contributed by atoms with E-state index in [4.69, 9.17) is 5.11 Å². The number of carbonyl (C=O) groups is 1. The van der Waals surface area contributed by atoms with Gasteiger partial charge >= 0.3 is 5.97 Å². The van der Waals surface area contributed by atoms with E-state index in [-0.39, 0.29) is 12.3 Å². The molecule has 5 heteroatoms. The number of carboxylic acid groups (broad SMARTS) is 1. The van der Waals surface area contributed by atoms with Crippen LogP contribution in [0.15, 0.2) is 36.7 Å². The summed E-state index contributed by atoms with van der Waals surface area (Å²) >= 11 is 0. The summed E-state index contributed by atoms with van der Waals surface area (Å²) in [5, 5.41) is 9.13. The number of carboxylic acids is 1. The highest BCUT2D eigenvalue weighted by atomic mass is 16.4. The molecule has 0 aliphatic rings. The lowest BCUT2D eigenvalue weighted by Crippen LogP contribution is -2.07. The molecule has 1 aromatic carbocycles. The molecule has 1 unspecified atom stereocenters. The molecule has 20 heavy (non-hydrogen) atoms. The van der Waals surface area contributed by atoms with Crippen molar-refractivity contribution in [2.24, 2.45) is 0 Å². The average Bonchev–Trinajstić information content (AvgIpc) is 3.02. The van der Waals surface area contributed by atoms with Crippen LogP contribution in [0.3, 0.4) is 0 Å². The molecule has 3 rings (SSSR count). The van der Waals surface area contributed by atoms with E-state index in [9.17, 15) is 4.79 Å². The number of H-pyrrole nitrogens is 2. The lowest BCUT2D eigenvalue weighted by Gasteiger charge is -2.14. The molecule has 0 fully saturated rings. The van der Waals surface area contributed by atoms with Crippen molar-refractivity contribution in [1.29, 1.82) is 0 Å². The highest BCUT2D eigenvalue weighted by molar-refractivity contribution is 5.77. The predicted molar refractivity (Wildman–Crippen MR) is 75.7 cm³/mol. The lowest BCUT2D eigenvalue weighted by molar-refractivity contribution is -0.137. The molecule has 1 atom stereocenters. The standard InChI is InChI=1S/C15H15N3O2/c1-9-17-13-3-2-10(6-14(13)18-9)12(7-15(19)20)11-4-5-16-8-11/h2-6,8,12,16H,7H2,1H3,(H,17,18)(H,19,20). The van der Waals surface area contributed by atoms with Gasteiger partial charge in [0.1, 0.15) is 5.82 Å². The Hall–Kier alpha value is -2.56. The van der Waals surface area contributed by atoms with Gasteiger partial charge in [-0.15, -0.1) is 0 Å². The van der Waals surface area contributed by atoms with Crippen LogP contribution >= 0.6 is 0 Å². The van der Waals surface area contributed by atoms with Crippen molar-refractivity contribution in [2.75, 3.05) is 0 Å². The Morgan fingerprint density at radius 3 is 2.90 bits per heavy atom. The molecule has 0 radical (unpaired) electrons. The summed E-state index contributed by atoms with van der Waals surface area (Å²) in [6, 6.07) is 7.77. The molecule has 5 nitrogen and oxygen atoms in total. The molecule has 0 bridgehead atoms. The highest BCUT2D eigenvalue weighted by Crippen LogP contribution is 2.29. The van der Waals surface area contributed by atoms with E-state index in [0.717, 1.165) is 28.0 Å². The fourth-order valence-electron chi connectivity index (χ4n) is 2.53. The Morgan fingerprint density at radius 2 is 2.20 bits per heavy atom. The quantitative estimate of drug-likeness (QED) is 0.681. The first-order chi connectivity index (χ1) is 9.63. The minimum atomic E-state index is -0.808. The summed E-state index contributed by atoms with van der Waals surface area (Å²) in [6.07, 6.45) is 3.72. The first kappa shape index (κ1) is 12.5. The number of aryl methyl sites for hydroxylation is 1. The van der Waals surface area contributed by atoms with Gasteiger partial charge in [0.2, 0.25) is 0 Å². The van der Waals surface area contributed by atoms with Crippen LogP contribution in [0.1, 0.15) is 29.3 Å². The molecule has 0 amide bonds. The second kappa shape index (κ2) is 4.85. The number of benzene rings is 1. The molecule has 0 aliphatic heterocycles. The Balaban J connectivity index is 2.06. The number of nitrogens with zero attached hydrogens (tertiary/aromatic N) is 1. The molecule has 2 heterocycles. The zero-order chi connectivity index (χ0) is 14.1. The zero-order valence-corrected chi connectivity index (χ0v) is 11.1. The summed E-state index contributed by atoms with van der Waals surface area (Å²) in [5.74, 6) is -0.113. The zero-order valence-electron chi connectivity index (χ0n) is 11.1. The van der Waals surface area contributed by atoms with Crippen LogP contribution in [0.25, 0.3) is 11.0 Å². The maximum absolute atomic E-state index is 11.1. The van der Waals surface area contributed by atoms with Gasteiger partial charge in [0.25, 0.3) is 0 Å². The molecule has 102 valence electrons. The summed E-state index contributed by atoms with van der Waals surface area (Å²) in [5.41, 5.74) is 3.78. The van der Waals surface area contributed by atoms with Gasteiger partial charge in [0.15, 0.2) is 0 Å². The SMILES string of the molecule is Cc1nc2ccc(C(CC(=O)O)c3cc[nH]c3)cc2[nH]1. The summed E-state index contributed by atoms with van der Waals surface area (Å²) in [4.78, 5) is 21.6. The molecule has 3 aromatic rings. The van der Waals surface area contributed by atoms with E-state index in [1.165, 1.54) is 0 Å². The number of nitrogens with one attached hydrogen (secondary N) is 2. The first-order valence-electron chi connectivity index (χ1n) is 6.44. The molecule has 2 aromatic heterocycles. The maximum atomic E-state index is 11.1. The maximum Gasteiger partial charge on any atom is 0.304 e. The second-order valence-corrected chi connectivity index (χ2v) is 4.89. The van der Waals surface area contributed by atoms with Gasteiger partial charge in [-0.1, -0.05) is 6.07 Å². The lowest BCUT2D eigenvalue weighted by atomic mass is 9.90. The second-order valence-electron chi connectivity index (χ2n) is 4.89. The topological polar surface area (TPSA) is 81.8 Å². The Bertz CT molecular complexity index is 744. The monoisotopic (exact) mass is 269 g/mol. The Labute approximate surface area is 115 Å². The number of aromatic amines is 2. The van der Waals surface area contributed by atoms with Crippen molar-refractivity contribution in [3.05, 3.63) is 53.6 Å². The van der Waals surface area contributed by atoms with Gasteiger partial charge in [0, 0.05) is 18.3 Å². The number of aliphatic carboxylic acids is 1. The number of rotatable bonds is 4. The Morgan fingerprint density at radius 1 is 1.35 bits per heavy atom. The molecule has 0 saturated carbocycles. The van der Waals surface area contributed by atoms with Crippen LogP contribution in [0.5, 0.6) is 0 Å². The van der Waals surface area contributed by atoms with Crippen LogP contribution < -0.4 is 0 Å². The highest BCUT2D eigenvalue weighted by Gasteiger charge is 2.19. The van der Waals surface area contributed by atoms with E-state index < -0.39 is 5.97 Å². The van der Waals surface area contributed by atoms with Crippen LogP contribution in [-0.2, 0) is 4.79 Å². The minimum absolute atomic E-state index is 0.0660. The average molecular weight is 269 g/mol. The Kier molecular flexibility index (Phi) is 3.02. The van der Waals surface area contributed by atoms with Crippen molar-refractivity contribution >= 4 is 17.0 Å². The van der Waals surface area contributed by atoms with Crippen molar-refractivity contribution in [3.8, 4) is 0 Å². The van der Waals surface area contributed by atoms with Gasteiger partial charge in [-0.25, -0.2) is 4.98 Å². The third-order valence-corrected chi connectivity index (χ3v) is 3.43. The fraction of sp³-hybridized carbons (Fsp3) is 0.200.